The van der Waals surface area contributed by atoms with Gasteiger partial charge in [0.15, 0.2) is 0 Å². The molecule has 1 aliphatic rings. The third kappa shape index (κ3) is 9.15. The first-order chi connectivity index (χ1) is 17.0. The molecule has 2 amide bonds. The molecule has 3 rings (SSSR count). The van der Waals surface area contributed by atoms with Crippen LogP contribution in [0.4, 0.5) is 13.2 Å². The van der Waals surface area contributed by atoms with Gasteiger partial charge in [-0.15, -0.1) is 0 Å². The normalized spacial score (nSPS) is 13.3. The number of ether oxygens (including phenoxy) is 1. The number of carboxylic acids is 1. The number of halogens is 4. The fourth-order valence-electron chi connectivity index (χ4n) is 3.40. The smallest absolute Gasteiger partial charge is 0.490 e. The zero-order valence-electron chi connectivity index (χ0n) is 19.6. The lowest BCUT2D eigenvalue weighted by Gasteiger charge is -2.29. The van der Waals surface area contributed by atoms with E-state index in [2.05, 4.69) is 21.2 Å². The number of benzene rings is 2. The number of rotatable bonds is 7. The molecule has 0 spiro atoms. The molecule has 12 heteroatoms. The Hall–Kier alpha value is -3.12. The van der Waals surface area contributed by atoms with Crippen LogP contribution in [0.3, 0.4) is 0 Å². The van der Waals surface area contributed by atoms with E-state index in [1.54, 1.807) is 24.1 Å². The Morgan fingerprint density at radius 3 is 2.33 bits per heavy atom. The Morgan fingerprint density at radius 2 is 1.75 bits per heavy atom. The maximum atomic E-state index is 13.2. The first-order valence-electron chi connectivity index (χ1n) is 11.0. The van der Waals surface area contributed by atoms with Crippen molar-refractivity contribution in [3.63, 3.8) is 0 Å². The number of hydrogen-bond acceptors (Lipinski definition) is 5. The van der Waals surface area contributed by atoms with E-state index in [0.717, 1.165) is 28.9 Å². The molecule has 0 bridgehead atoms. The fraction of sp³-hybridized carbons (Fsp3) is 0.375. The van der Waals surface area contributed by atoms with E-state index in [-0.39, 0.29) is 11.8 Å². The molecule has 2 aromatic carbocycles. The van der Waals surface area contributed by atoms with Crippen LogP contribution in [0.2, 0.25) is 0 Å². The molecule has 0 unspecified atom stereocenters. The molecule has 36 heavy (non-hydrogen) atoms. The predicted molar refractivity (Wildman–Crippen MR) is 130 cm³/mol. The summed E-state index contributed by atoms with van der Waals surface area (Å²) in [6, 6.07) is 15.0. The summed E-state index contributed by atoms with van der Waals surface area (Å²) >= 11 is 3.43. The number of alkyl halides is 3. The number of aliphatic carboxylic acids is 1. The SMILES string of the molecule is COc1ccccc1CN(CCC(=O)N1CCNCC1)C(=O)c1cccc(Br)c1.O=C(O)C(F)(F)F. The number of nitrogens with one attached hydrogen (secondary N) is 1. The number of piperazine rings is 1. The van der Waals surface area contributed by atoms with E-state index < -0.39 is 12.1 Å². The van der Waals surface area contributed by atoms with Crippen LogP contribution in [-0.2, 0) is 16.1 Å². The number of amides is 2. The summed E-state index contributed by atoms with van der Waals surface area (Å²) in [4.78, 5) is 38.3. The van der Waals surface area contributed by atoms with Gasteiger partial charge >= 0.3 is 12.1 Å². The maximum Gasteiger partial charge on any atom is 0.490 e. The van der Waals surface area contributed by atoms with E-state index in [4.69, 9.17) is 14.6 Å². The number of para-hydroxylation sites is 1. The van der Waals surface area contributed by atoms with E-state index in [9.17, 15) is 22.8 Å². The minimum atomic E-state index is -5.08. The molecule has 0 saturated carbocycles. The monoisotopic (exact) mass is 573 g/mol. The van der Waals surface area contributed by atoms with Crippen molar-refractivity contribution in [2.75, 3.05) is 39.8 Å². The van der Waals surface area contributed by atoms with Crippen LogP contribution in [0.15, 0.2) is 53.0 Å². The summed E-state index contributed by atoms with van der Waals surface area (Å²) in [5.41, 5.74) is 1.50. The highest BCUT2D eigenvalue weighted by molar-refractivity contribution is 9.10. The van der Waals surface area contributed by atoms with Crippen LogP contribution in [0.5, 0.6) is 5.75 Å². The van der Waals surface area contributed by atoms with E-state index in [0.29, 0.717) is 38.2 Å². The Morgan fingerprint density at radius 1 is 1.11 bits per heavy atom. The largest absolute Gasteiger partial charge is 0.496 e. The van der Waals surface area contributed by atoms with Crippen molar-refractivity contribution in [1.82, 2.24) is 15.1 Å². The van der Waals surface area contributed by atoms with Gasteiger partial charge in [-0.25, -0.2) is 4.79 Å². The lowest BCUT2D eigenvalue weighted by Crippen LogP contribution is -2.47. The van der Waals surface area contributed by atoms with Crippen molar-refractivity contribution in [2.45, 2.75) is 19.1 Å². The minimum absolute atomic E-state index is 0.0820. The summed E-state index contributed by atoms with van der Waals surface area (Å²) in [7, 11) is 1.62. The van der Waals surface area contributed by atoms with Gasteiger partial charge in [0.2, 0.25) is 5.91 Å². The minimum Gasteiger partial charge on any atom is -0.496 e. The van der Waals surface area contributed by atoms with Gasteiger partial charge in [0, 0.05) is 61.3 Å². The van der Waals surface area contributed by atoms with Crippen LogP contribution < -0.4 is 10.1 Å². The van der Waals surface area contributed by atoms with Gasteiger partial charge in [-0.3, -0.25) is 9.59 Å². The molecule has 1 fully saturated rings. The van der Waals surface area contributed by atoms with Gasteiger partial charge in [-0.1, -0.05) is 40.2 Å². The summed E-state index contributed by atoms with van der Waals surface area (Å²) in [6.07, 6.45) is -4.78. The fourth-order valence-corrected chi connectivity index (χ4v) is 3.80. The average molecular weight is 574 g/mol. The number of nitrogens with zero attached hydrogens (tertiary/aromatic N) is 2. The number of carboxylic acid groups (broad SMARTS) is 1. The van der Waals surface area contributed by atoms with Crippen LogP contribution in [-0.4, -0.2) is 78.7 Å². The first kappa shape index (κ1) is 29.1. The number of hydrogen-bond donors (Lipinski definition) is 2. The molecule has 2 aromatic rings. The van der Waals surface area contributed by atoms with E-state index in [1.165, 1.54) is 0 Å². The molecule has 196 valence electrons. The highest BCUT2D eigenvalue weighted by atomic mass is 79.9. The van der Waals surface area contributed by atoms with Crippen molar-refractivity contribution in [3.05, 3.63) is 64.1 Å². The molecule has 1 saturated heterocycles. The van der Waals surface area contributed by atoms with Crippen molar-refractivity contribution >= 4 is 33.7 Å². The second kappa shape index (κ2) is 13.8. The van der Waals surface area contributed by atoms with Crippen LogP contribution >= 0.6 is 15.9 Å². The quantitative estimate of drug-likeness (QED) is 0.525. The summed E-state index contributed by atoms with van der Waals surface area (Å²) in [5.74, 6) is -2.05. The summed E-state index contributed by atoms with van der Waals surface area (Å²) < 4.78 is 38.0. The standard InChI is InChI=1S/C22H26BrN3O3.C2HF3O2/c1-29-20-8-3-2-5-18(20)16-26(22(28)17-6-4-7-19(23)15-17)12-9-21(27)25-13-10-24-11-14-25;3-2(4,5)1(6)7/h2-8,15,24H,9-14,16H2,1H3;(H,6,7). The Balaban J connectivity index is 0.000000572. The van der Waals surface area contributed by atoms with Crippen molar-refractivity contribution in [2.24, 2.45) is 0 Å². The molecule has 8 nitrogen and oxygen atoms in total. The average Bonchev–Trinajstić information content (AvgIpc) is 2.86. The highest BCUT2D eigenvalue weighted by Crippen LogP contribution is 2.21. The van der Waals surface area contributed by atoms with E-state index >= 15 is 0 Å². The Labute approximate surface area is 215 Å². The number of carbonyl (C=O) groups excluding carboxylic acids is 2. The maximum absolute atomic E-state index is 13.2. The second-order valence-electron chi connectivity index (χ2n) is 7.73. The van der Waals surface area contributed by atoms with E-state index in [1.807, 2.05) is 41.3 Å². The summed E-state index contributed by atoms with van der Waals surface area (Å²) in [6.45, 7) is 3.79. The van der Waals surface area contributed by atoms with Gasteiger partial charge in [-0.2, -0.15) is 13.2 Å². The highest BCUT2D eigenvalue weighted by Gasteiger charge is 2.38. The lowest BCUT2D eigenvalue weighted by atomic mass is 10.1. The first-order valence-corrected chi connectivity index (χ1v) is 11.8. The predicted octanol–water partition coefficient (Wildman–Crippen LogP) is 3.56. The van der Waals surface area contributed by atoms with Gasteiger partial charge < -0.3 is 25.0 Å². The van der Waals surface area contributed by atoms with Gasteiger partial charge in [0.1, 0.15) is 5.75 Å². The van der Waals surface area contributed by atoms with Gasteiger partial charge in [0.05, 0.1) is 7.11 Å². The molecule has 1 heterocycles. The molecule has 0 atom stereocenters. The molecule has 2 N–H and O–H groups in total. The second-order valence-corrected chi connectivity index (χ2v) is 8.65. The van der Waals surface area contributed by atoms with Crippen molar-refractivity contribution < 1.29 is 37.4 Å². The molecule has 1 aliphatic heterocycles. The third-order valence-electron chi connectivity index (χ3n) is 5.22. The number of methoxy groups -OCH3 is 1. The Kier molecular flexibility index (Phi) is 11.2. The molecular formula is C24H27BrF3N3O5. The van der Waals surface area contributed by atoms with Gasteiger partial charge in [0.25, 0.3) is 5.91 Å². The van der Waals surface area contributed by atoms with Crippen LogP contribution in [0.25, 0.3) is 0 Å². The summed E-state index contributed by atoms with van der Waals surface area (Å²) in [5, 5.41) is 10.4. The molecule has 0 radical (unpaired) electrons. The Bertz CT molecular complexity index is 1050. The van der Waals surface area contributed by atoms with Crippen LogP contribution in [0, 0.1) is 0 Å². The molecule has 0 aromatic heterocycles. The molecule has 0 aliphatic carbocycles. The number of carbonyl (C=O) groups is 3. The topological polar surface area (TPSA) is 99.2 Å². The lowest BCUT2D eigenvalue weighted by molar-refractivity contribution is -0.192. The molecular weight excluding hydrogens is 547 g/mol. The third-order valence-corrected chi connectivity index (χ3v) is 5.71. The van der Waals surface area contributed by atoms with Gasteiger partial charge in [-0.05, 0) is 24.3 Å². The van der Waals surface area contributed by atoms with Crippen molar-refractivity contribution in [3.8, 4) is 5.75 Å². The zero-order valence-corrected chi connectivity index (χ0v) is 21.1. The zero-order chi connectivity index (χ0) is 26.7. The van der Waals surface area contributed by atoms with Crippen molar-refractivity contribution in [1.29, 1.82) is 0 Å². The van der Waals surface area contributed by atoms with Crippen LogP contribution in [0.1, 0.15) is 22.3 Å².